The van der Waals surface area contributed by atoms with E-state index in [9.17, 15) is 9.59 Å². The molecule has 0 aliphatic carbocycles. The van der Waals surface area contributed by atoms with Crippen molar-refractivity contribution >= 4 is 17.5 Å². The molecule has 2 N–H and O–H groups in total. The first-order chi connectivity index (χ1) is 8.72. The Bertz CT molecular complexity index is 570. The van der Waals surface area contributed by atoms with E-state index in [1.165, 1.54) is 11.8 Å². The Morgan fingerprint density at radius 1 is 1.56 bits per heavy atom. The van der Waals surface area contributed by atoms with Crippen molar-refractivity contribution in [3.8, 4) is 0 Å². The Balaban J connectivity index is 2.02. The van der Waals surface area contributed by atoms with Crippen molar-refractivity contribution in [2.75, 3.05) is 5.75 Å². The van der Waals surface area contributed by atoms with E-state index in [2.05, 4.69) is 15.2 Å². The highest BCUT2D eigenvalue weighted by Crippen LogP contribution is 2.15. The van der Waals surface area contributed by atoms with Crippen molar-refractivity contribution in [1.82, 2.24) is 19.7 Å². The van der Waals surface area contributed by atoms with Gasteiger partial charge < -0.3 is 4.98 Å². The van der Waals surface area contributed by atoms with Crippen LogP contribution in [0.4, 0.5) is 0 Å². The number of thioether (sulfide) groups is 1. The second kappa shape index (κ2) is 5.72. The molecule has 0 atom stereocenters. The zero-order valence-electron chi connectivity index (χ0n) is 9.97. The molecule has 2 aromatic rings. The lowest BCUT2D eigenvalue weighted by Gasteiger charge is -2.02. The van der Waals surface area contributed by atoms with Gasteiger partial charge in [-0.25, -0.2) is 9.89 Å². The van der Waals surface area contributed by atoms with Crippen LogP contribution in [-0.4, -0.2) is 31.3 Å². The molecule has 0 spiro atoms. The third-order valence-corrected chi connectivity index (χ3v) is 3.38. The van der Waals surface area contributed by atoms with Crippen LogP contribution in [0.15, 0.2) is 28.3 Å². The van der Waals surface area contributed by atoms with Crippen molar-refractivity contribution < 1.29 is 4.79 Å². The SMILES string of the molecule is CCCn1c(SCC(=O)c2ccc[nH]2)n[nH]c1=O. The number of rotatable bonds is 6. The molecule has 0 aliphatic rings. The minimum atomic E-state index is -0.230. The maximum atomic E-state index is 11.8. The lowest BCUT2D eigenvalue weighted by Crippen LogP contribution is -2.17. The third kappa shape index (κ3) is 2.73. The average molecular weight is 266 g/mol. The van der Waals surface area contributed by atoms with Crippen molar-refractivity contribution in [3.05, 3.63) is 34.5 Å². The lowest BCUT2D eigenvalue weighted by molar-refractivity contribution is 0.101. The van der Waals surface area contributed by atoms with Gasteiger partial charge in [-0.15, -0.1) is 5.10 Å². The quantitative estimate of drug-likeness (QED) is 0.609. The summed E-state index contributed by atoms with van der Waals surface area (Å²) >= 11 is 1.27. The smallest absolute Gasteiger partial charge is 0.343 e. The molecular formula is C11H14N4O2S. The van der Waals surface area contributed by atoms with Gasteiger partial charge in [0.1, 0.15) is 0 Å². The average Bonchev–Trinajstić information content (AvgIpc) is 2.99. The Morgan fingerprint density at radius 3 is 3.06 bits per heavy atom. The summed E-state index contributed by atoms with van der Waals surface area (Å²) in [5, 5.41) is 6.87. The van der Waals surface area contributed by atoms with Crippen molar-refractivity contribution in [2.45, 2.75) is 25.0 Å². The minimum absolute atomic E-state index is 0.0107. The zero-order valence-corrected chi connectivity index (χ0v) is 10.8. The Morgan fingerprint density at radius 2 is 2.39 bits per heavy atom. The first kappa shape index (κ1) is 12.7. The number of aromatic nitrogens is 4. The number of nitrogens with zero attached hydrogens (tertiary/aromatic N) is 2. The van der Waals surface area contributed by atoms with E-state index in [0.29, 0.717) is 17.4 Å². The summed E-state index contributed by atoms with van der Waals surface area (Å²) in [6.07, 6.45) is 2.55. The van der Waals surface area contributed by atoms with Crippen LogP contribution >= 0.6 is 11.8 Å². The van der Waals surface area contributed by atoms with Gasteiger partial charge in [0.25, 0.3) is 0 Å². The number of Topliss-reactive ketones (excluding diaryl/α,β-unsaturated/α-hetero) is 1. The lowest BCUT2D eigenvalue weighted by atomic mass is 10.3. The number of carbonyl (C=O) groups is 1. The van der Waals surface area contributed by atoms with Gasteiger partial charge in [-0.3, -0.25) is 9.36 Å². The molecule has 96 valence electrons. The number of hydrogen-bond donors (Lipinski definition) is 2. The number of nitrogens with one attached hydrogen (secondary N) is 2. The van der Waals surface area contributed by atoms with Crippen LogP contribution in [0.2, 0.25) is 0 Å². The first-order valence-corrected chi connectivity index (χ1v) is 6.65. The van der Waals surface area contributed by atoms with E-state index < -0.39 is 0 Å². The predicted molar refractivity (Wildman–Crippen MR) is 69.0 cm³/mol. The predicted octanol–water partition coefficient (Wildman–Crippen LogP) is 1.28. The molecule has 0 aliphatic heterocycles. The van der Waals surface area contributed by atoms with Crippen molar-refractivity contribution in [3.63, 3.8) is 0 Å². The molecule has 6 nitrogen and oxygen atoms in total. The van der Waals surface area contributed by atoms with Crippen LogP contribution in [0.25, 0.3) is 0 Å². The maximum Gasteiger partial charge on any atom is 0.343 e. The van der Waals surface area contributed by atoms with E-state index in [1.807, 2.05) is 6.92 Å². The summed E-state index contributed by atoms with van der Waals surface area (Å²) in [4.78, 5) is 26.1. The topological polar surface area (TPSA) is 83.5 Å². The van der Waals surface area contributed by atoms with Crippen LogP contribution in [0.5, 0.6) is 0 Å². The highest BCUT2D eigenvalue weighted by molar-refractivity contribution is 7.99. The molecule has 18 heavy (non-hydrogen) atoms. The summed E-state index contributed by atoms with van der Waals surface area (Å²) in [7, 11) is 0. The minimum Gasteiger partial charge on any atom is -0.359 e. The molecule has 0 bridgehead atoms. The summed E-state index contributed by atoms with van der Waals surface area (Å²) in [5.74, 6) is 0.248. The highest BCUT2D eigenvalue weighted by atomic mass is 32.2. The molecule has 0 aromatic carbocycles. The van der Waals surface area contributed by atoms with Crippen molar-refractivity contribution in [2.24, 2.45) is 0 Å². The van der Waals surface area contributed by atoms with E-state index >= 15 is 0 Å². The van der Waals surface area contributed by atoms with E-state index in [1.54, 1.807) is 22.9 Å². The first-order valence-electron chi connectivity index (χ1n) is 5.67. The molecule has 7 heteroatoms. The molecule has 2 rings (SSSR count). The normalized spacial score (nSPS) is 10.7. The van der Waals surface area contributed by atoms with E-state index in [4.69, 9.17) is 0 Å². The number of carbonyl (C=O) groups excluding carboxylic acids is 1. The molecule has 2 aromatic heterocycles. The molecule has 2 heterocycles. The van der Waals surface area contributed by atoms with Crippen LogP contribution in [0.3, 0.4) is 0 Å². The van der Waals surface area contributed by atoms with Crippen LogP contribution < -0.4 is 5.69 Å². The monoisotopic (exact) mass is 266 g/mol. The van der Waals surface area contributed by atoms with Gasteiger partial charge in [0.05, 0.1) is 11.4 Å². The van der Waals surface area contributed by atoms with Gasteiger partial charge in [-0.1, -0.05) is 18.7 Å². The van der Waals surface area contributed by atoms with Gasteiger partial charge in [-0.05, 0) is 18.6 Å². The highest BCUT2D eigenvalue weighted by Gasteiger charge is 2.12. The maximum absolute atomic E-state index is 11.8. The van der Waals surface area contributed by atoms with E-state index in [0.717, 1.165) is 6.42 Å². The Labute approximate surface area is 108 Å². The van der Waals surface area contributed by atoms with Gasteiger partial charge in [0, 0.05) is 12.7 Å². The zero-order chi connectivity index (χ0) is 13.0. The molecule has 0 fully saturated rings. The largest absolute Gasteiger partial charge is 0.359 e. The van der Waals surface area contributed by atoms with Gasteiger partial charge >= 0.3 is 5.69 Å². The molecular weight excluding hydrogens is 252 g/mol. The van der Waals surface area contributed by atoms with Crippen LogP contribution in [0.1, 0.15) is 23.8 Å². The number of ketones is 1. The Hall–Kier alpha value is -1.76. The van der Waals surface area contributed by atoms with Crippen LogP contribution in [0, 0.1) is 0 Å². The van der Waals surface area contributed by atoms with Crippen LogP contribution in [-0.2, 0) is 6.54 Å². The Kier molecular flexibility index (Phi) is 4.03. The molecule has 0 radical (unpaired) electrons. The molecule has 0 saturated heterocycles. The van der Waals surface area contributed by atoms with E-state index in [-0.39, 0.29) is 17.2 Å². The summed E-state index contributed by atoms with van der Waals surface area (Å²) in [6.45, 7) is 2.59. The second-order valence-corrected chi connectivity index (χ2v) is 4.70. The third-order valence-electron chi connectivity index (χ3n) is 2.40. The van der Waals surface area contributed by atoms with Gasteiger partial charge in [-0.2, -0.15) is 0 Å². The second-order valence-electron chi connectivity index (χ2n) is 3.76. The summed E-state index contributed by atoms with van der Waals surface area (Å²) < 4.78 is 1.55. The fraction of sp³-hybridized carbons (Fsp3) is 0.364. The number of hydrogen-bond acceptors (Lipinski definition) is 4. The van der Waals surface area contributed by atoms with Gasteiger partial charge in [0.15, 0.2) is 10.9 Å². The summed E-state index contributed by atoms with van der Waals surface area (Å²) in [6, 6.07) is 3.51. The number of aromatic amines is 2. The fourth-order valence-electron chi connectivity index (χ4n) is 1.55. The standard InChI is InChI=1S/C11H14N4O2S/c1-2-6-15-10(17)13-14-11(15)18-7-9(16)8-4-3-5-12-8/h3-5,12H,2,6-7H2,1H3,(H,13,17). The number of H-pyrrole nitrogens is 2. The summed E-state index contributed by atoms with van der Waals surface area (Å²) in [5.41, 5.74) is 0.342. The van der Waals surface area contributed by atoms with Crippen molar-refractivity contribution in [1.29, 1.82) is 0 Å². The molecule has 0 unspecified atom stereocenters. The molecule has 0 amide bonds. The fourth-order valence-corrected chi connectivity index (χ4v) is 2.40. The molecule has 0 saturated carbocycles. The van der Waals surface area contributed by atoms with Gasteiger partial charge in [0.2, 0.25) is 0 Å².